The molecule has 1 radical (unpaired) electrons. The molecule has 3 heteroatoms. The molecule has 0 aliphatic heterocycles. The summed E-state index contributed by atoms with van der Waals surface area (Å²) < 4.78 is 0. The molecule has 2 nitrogen and oxygen atoms in total. The van der Waals surface area contributed by atoms with Crippen LogP contribution in [0.15, 0.2) is 18.3 Å². The van der Waals surface area contributed by atoms with Crippen molar-refractivity contribution in [1.82, 2.24) is 4.98 Å². The molecule has 0 aromatic carbocycles. The van der Waals surface area contributed by atoms with Crippen molar-refractivity contribution in [3.63, 3.8) is 0 Å². The lowest BCUT2D eigenvalue weighted by Gasteiger charge is -2.35. The third-order valence-corrected chi connectivity index (χ3v) is 2.78. The van der Waals surface area contributed by atoms with Gasteiger partial charge in [-0.3, -0.25) is 4.98 Å². The van der Waals surface area contributed by atoms with Crippen LogP contribution in [0.5, 0.6) is 0 Å². The molecule has 0 bridgehead atoms. The first kappa shape index (κ1) is 8.76. The first-order chi connectivity index (χ1) is 6.24. The Hall–Kier alpha value is -0.825. The van der Waals surface area contributed by atoms with Gasteiger partial charge in [-0.2, -0.15) is 0 Å². The molecular formula is C10H13BNO. The van der Waals surface area contributed by atoms with Gasteiger partial charge < -0.3 is 5.11 Å². The number of nitrogens with zero attached hydrogens (tertiary/aromatic N) is 1. The number of hydrogen-bond acceptors (Lipinski definition) is 2. The zero-order valence-corrected chi connectivity index (χ0v) is 7.83. The van der Waals surface area contributed by atoms with E-state index in [2.05, 4.69) is 4.98 Å². The van der Waals surface area contributed by atoms with E-state index < -0.39 is 5.60 Å². The Morgan fingerprint density at radius 2 is 2.23 bits per heavy atom. The van der Waals surface area contributed by atoms with Crippen LogP contribution in [0.1, 0.15) is 25.0 Å². The normalized spacial score (nSPS) is 19.2. The van der Waals surface area contributed by atoms with E-state index >= 15 is 0 Å². The fourth-order valence-electron chi connectivity index (χ4n) is 1.62. The molecule has 0 spiro atoms. The molecule has 1 aliphatic rings. The molecule has 0 unspecified atom stereocenters. The average molecular weight is 174 g/mol. The molecule has 1 aromatic rings. The lowest BCUT2D eigenvalue weighted by Crippen LogP contribution is -2.35. The lowest BCUT2D eigenvalue weighted by molar-refractivity contribution is -0.0425. The van der Waals surface area contributed by atoms with Crippen LogP contribution in [-0.2, 0) is 5.60 Å². The summed E-state index contributed by atoms with van der Waals surface area (Å²) in [5.41, 5.74) is 1.31. The summed E-state index contributed by atoms with van der Waals surface area (Å²) in [5.74, 6) is 0. The topological polar surface area (TPSA) is 33.1 Å². The number of aromatic nitrogens is 1. The standard InChI is InChI=1S/C10H13BNO/c1-11-8-3-4-9(12-7-8)10(13)5-2-6-10/h3-4,7,13H,2,5-6H2,1H3. The van der Waals surface area contributed by atoms with Crippen molar-refractivity contribution >= 4 is 12.7 Å². The van der Waals surface area contributed by atoms with Crippen LogP contribution in [0.2, 0.25) is 6.82 Å². The molecule has 1 heterocycles. The lowest BCUT2D eigenvalue weighted by atomic mass is 9.73. The molecular weight excluding hydrogens is 161 g/mol. The molecule has 1 fully saturated rings. The van der Waals surface area contributed by atoms with E-state index in [1.807, 2.05) is 32.4 Å². The van der Waals surface area contributed by atoms with Crippen molar-refractivity contribution in [1.29, 1.82) is 0 Å². The maximum atomic E-state index is 9.97. The Labute approximate surface area is 79.3 Å². The third kappa shape index (κ3) is 1.48. The number of hydrogen-bond donors (Lipinski definition) is 1. The van der Waals surface area contributed by atoms with Gasteiger partial charge in [0.1, 0.15) is 12.9 Å². The smallest absolute Gasteiger partial charge is 0.150 e. The zero-order chi connectivity index (χ0) is 9.31. The van der Waals surface area contributed by atoms with E-state index in [1.165, 1.54) is 0 Å². The van der Waals surface area contributed by atoms with Gasteiger partial charge in [-0.05, 0) is 25.3 Å². The Morgan fingerprint density at radius 1 is 1.46 bits per heavy atom. The average Bonchev–Trinajstić information content (AvgIpc) is 2.14. The zero-order valence-electron chi connectivity index (χ0n) is 7.83. The van der Waals surface area contributed by atoms with Crippen molar-refractivity contribution in [2.24, 2.45) is 0 Å². The minimum atomic E-state index is -0.619. The summed E-state index contributed by atoms with van der Waals surface area (Å²) in [6.07, 6.45) is 4.63. The molecule has 0 saturated heterocycles. The molecule has 1 aromatic heterocycles. The van der Waals surface area contributed by atoms with E-state index in [-0.39, 0.29) is 0 Å². The third-order valence-electron chi connectivity index (χ3n) is 2.78. The van der Waals surface area contributed by atoms with E-state index in [4.69, 9.17) is 0 Å². The highest BCUT2D eigenvalue weighted by atomic mass is 16.3. The maximum Gasteiger partial charge on any atom is 0.150 e. The summed E-state index contributed by atoms with van der Waals surface area (Å²) in [6.45, 7) is 1.98. The van der Waals surface area contributed by atoms with E-state index in [0.717, 1.165) is 30.4 Å². The Kier molecular flexibility index (Phi) is 2.12. The van der Waals surface area contributed by atoms with Gasteiger partial charge in [0.15, 0.2) is 0 Å². The van der Waals surface area contributed by atoms with Crippen molar-refractivity contribution in [3.05, 3.63) is 24.0 Å². The Bertz CT molecular complexity index is 292. The monoisotopic (exact) mass is 174 g/mol. The van der Waals surface area contributed by atoms with Crippen molar-refractivity contribution in [2.75, 3.05) is 0 Å². The van der Waals surface area contributed by atoms with Crippen LogP contribution in [-0.4, -0.2) is 17.4 Å². The van der Waals surface area contributed by atoms with Gasteiger partial charge in [0.2, 0.25) is 0 Å². The second-order valence-electron chi connectivity index (χ2n) is 3.65. The van der Waals surface area contributed by atoms with Gasteiger partial charge in [0.25, 0.3) is 0 Å². The summed E-state index contributed by atoms with van der Waals surface area (Å²) >= 11 is 0. The van der Waals surface area contributed by atoms with Gasteiger partial charge in [0, 0.05) is 6.20 Å². The van der Waals surface area contributed by atoms with E-state index in [9.17, 15) is 5.11 Å². The second kappa shape index (κ2) is 3.15. The summed E-state index contributed by atoms with van der Waals surface area (Å²) in [6, 6.07) is 3.92. The predicted molar refractivity (Wildman–Crippen MR) is 53.2 cm³/mol. The van der Waals surface area contributed by atoms with Crippen LogP contribution in [0.25, 0.3) is 0 Å². The van der Waals surface area contributed by atoms with E-state index in [1.54, 1.807) is 0 Å². The van der Waals surface area contributed by atoms with Crippen molar-refractivity contribution in [2.45, 2.75) is 31.7 Å². The van der Waals surface area contributed by atoms with Crippen LogP contribution >= 0.6 is 0 Å². The van der Waals surface area contributed by atoms with Gasteiger partial charge in [0.05, 0.1) is 5.69 Å². The highest BCUT2D eigenvalue weighted by Gasteiger charge is 2.37. The second-order valence-corrected chi connectivity index (χ2v) is 3.65. The number of aliphatic hydroxyl groups is 1. The summed E-state index contributed by atoms with van der Waals surface area (Å²) in [5, 5.41) is 9.97. The molecule has 13 heavy (non-hydrogen) atoms. The minimum absolute atomic E-state index is 0.619. The molecule has 1 saturated carbocycles. The molecule has 0 amide bonds. The quantitative estimate of drug-likeness (QED) is 0.673. The fraction of sp³-hybridized carbons (Fsp3) is 0.500. The predicted octanol–water partition coefficient (Wildman–Crippen LogP) is 0.831. The van der Waals surface area contributed by atoms with Crippen molar-refractivity contribution in [3.8, 4) is 0 Å². The van der Waals surface area contributed by atoms with Crippen LogP contribution in [0.4, 0.5) is 0 Å². The molecule has 1 N–H and O–H groups in total. The largest absolute Gasteiger partial charge is 0.384 e. The maximum absolute atomic E-state index is 9.97. The minimum Gasteiger partial charge on any atom is -0.384 e. The van der Waals surface area contributed by atoms with Gasteiger partial charge in [-0.1, -0.05) is 18.4 Å². The van der Waals surface area contributed by atoms with Crippen molar-refractivity contribution < 1.29 is 5.11 Å². The molecule has 2 rings (SSSR count). The fourth-order valence-corrected chi connectivity index (χ4v) is 1.62. The first-order valence-corrected chi connectivity index (χ1v) is 4.73. The van der Waals surface area contributed by atoms with Gasteiger partial charge >= 0.3 is 0 Å². The Balaban J connectivity index is 2.22. The number of pyridine rings is 1. The highest BCUT2D eigenvalue weighted by molar-refractivity contribution is 6.51. The number of rotatable bonds is 2. The highest BCUT2D eigenvalue weighted by Crippen LogP contribution is 2.39. The summed E-state index contributed by atoms with van der Waals surface area (Å²) in [4.78, 5) is 4.26. The first-order valence-electron chi connectivity index (χ1n) is 4.73. The molecule has 0 atom stereocenters. The molecule has 67 valence electrons. The van der Waals surface area contributed by atoms with Crippen LogP contribution in [0.3, 0.4) is 0 Å². The van der Waals surface area contributed by atoms with E-state index in [0.29, 0.717) is 0 Å². The van der Waals surface area contributed by atoms with Crippen LogP contribution in [0, 0.1) is 0 Å². The van der Waals surface area contributed by atoms with Gasteiger partial charge in [-0.15, -0.1) is 0 Å². The van der Waals surface area contributed by atoms with Crippen LogP contribution < -0.4 is 5.46 Å². The van der Waals surface area contributed by atoms with Gasteiger partial charge in [-0.25, -0.2) is 0 Å². The molecule has 1 aliphatic carbocycles. The summed E-state index contributed by atoms with van der Waals surface area (Å²) in [7, 11) is 2.00. The Morgan fingerprint density at radius 3 is 2.62 bits per heavy atom. The SMILES string of the molecule is C[B]c1ccc(C2(O)CCC2)nc1.